The van der Waals surface area contributed by atoms with Gasteiger partial charge in [0.15, 0.2) is 0 Å². The zero-order valence-electron chi connectivity index (χ0n) is 15.8. The summed E-state index contributed by atoms with van der Waals surface area (Å²) in [7, 11) is 0. The standard InChI is InChI=1S/C20H21F3N4O2/c21-20(22,23)15-6-3-5-14(11-15)18-25-17(29-26-18)13-27-9-4-8-19(16(27)12-24)7-1-2-10-28-19/h3,5-6,11,16H,1-2,4,7-10,13H2/t16-,19+/m1/s1. The molecule has 0 unspecified atom stereocenters. The summed E-state index contributed by atoms with van der Waals surface area (Å²) in [6.45, 7) is 1.62. The smallest absolute Gasteiger partial charge is 0.372 e. The lowest BCUT2D eigenvalue weighted by Crippen LogP contribution is -2.58. The Labute approximate surface area is 166 Å². The summed E-state index contributed by atoms with van der Waals surface area (Å²) < 4.78 is 50.2. The third-order valence-corrected chi connectivity index (χ3v) is 5.67. The van der Waals surface area contributed by atoms with Gasteiger partial charge >= 0.3 is 6.18 Å². The lowest BCUT2D eigenvalue weighted by atomic mass is 9.79. The molecule has 0 aliphatic carbocycles. The van der Waals surface area contributed by atoms with Gasteiger partial charge in [0.05, 0.1) is 23.8 Å². The topological polar surface area (TPSA) is 75.2 Å². The molecule has 2 aliphatic rings. The first kappa shape index (κ1) is 19.9. The Hall–Kier alpha value is -2.44. The summed E-state index contributed by atoms with van der Waals surface area (Å²) in [5.41, 5.74) is -0.995. The van der Waals surface area contributed by atoms with E-state index in [0.717, 1.165) is 44.2 Å². The van der Waals surface area contributed by atoms with E-state index in [4.69, 9.17) is 9.26 Å². The van der Waals surface area contributed by atoms with Gasteiger partial charge in [-0.3, -0.25) is 4.90 Å². The molecule has 29 heavy (non-hydrogen) atoms. The van der Waals surface area contributed by atoms with Crippen LogP contribution in [0.3, 0.4) is 0 Å². The van der Waals surface area contributed by atoms with Crippen LogP contribution in [-0.2, 0) is 17.5 Å². The van der Waals surface area contributed by atoms with Gasteiger partial charge in [0.2, 0.25) is 11.7 Å². The fourth-order valence-electron chi connectivity index (χ4n) is 4.28. The number of nitriles is 1. The first-order chi connectivity index (χ1) is 13.9. The predicted molar refractivity (Wildman–Crippen MR) is 96.3 cm³/mol. The molecule has 9 heteroatoms. The maximum atomic E-state index is 12.9. The van der Waals surface area contributed by atoms with Crippen molar-refractivity contribution in [2.45, 2.75) is 56.5 Å². The van der Waals surface area contributed by atoms with Crippen LogP contribution >= 0.6 is 0 Å². The van der Waals surface area contributed by atoms with Gasteiger partial charge in [-0.05, 0) is 44.2 Å². The number of ether oxygens (including phenoxy) is 1. The zero-order valence-corrected chi connectivity index (χ0v) is 15.8. The maximum Gasteiger partial charge on any atom is 0.416 e. The number of hydrogen-bond donors (Lipinski definition) is 0. The normalized spacial score (nSPS) is 25.8. The number of aromatic nitrogens is 2. The summed E-state index contributed by atoms with van der Waals surface area (Å²) in [6, 6.07) is 6.79. The molecule has 2 saturated heterocycles. The van der Waals surface area contributed by atoms with E-state index in [1.807, 2.05) is 4.90 Å². The second-order valence-corrected chi connectivity index (χ2v) is 7.57. The van der Waals surface area contributed by atoms with Crippen LogP contribution in [-0.4, -0.2) is 39.8 Å². The summed E-state index contributed by atoms with van der Waals surface area (Å²) >= 11 is 0. The molecule has 2 aliphatic heterocycles. The largest absolute Gasteiger partial charge is 0.416 e. The minimum atomic E-state index is -4.44. The fourth-order valence-corrected chi connectivity index (χ4v) is 4.28. The van der Waals surface area contributed by atoms with E-state index in [2.05, 4.69) is 16.2 Å². The van der Waals surface area contributed by atoms with Gasteiger partial charge in [-0.1, -0.05) is 17.3 Å². The number of alkyl halides is 3. The Kier molecular flexibility index (Phi) is 5.32. The molecule has 154 valence electrons. The number of rotatable bonds is 3. The predicted octanol–water partition coefficient (Wildman–Crippen LogP) is 4.18. The van der Waals surface area contributed by atoms with Crippen molar-refractivity contribution >= 4 is 0 Å². The minimum Gasteiger partial charge on any atom is -0.372 e. The lowest BCUT2D eigenvalue weighted by Gasteiger charge is -2.48. The highest BCUT2D eigenvalue weighted by Gasteiger charge is 2.47. The zero-order chi connectivity index (χ0) is 20.5. The highest BCUT2D eigenvalue weighted by molar-refractivity contribution is 5.55. The van der Waals surface area contributed by atoms with E-state index >= 15 is 0 Å². The van der Waals surface area contributed by atoms with E-state index in [1.54, 1.807) is 0 Å². The van der Waals surface area contributed by atoms with Gasteiger partial charge in [0.1, 0.15) is 6.04 Å². The number of benzene rings is 1. The summed E-state index contributed by atoms with van der Waals surface area (Å²) in [4.78, 5) is 6.23. The van der Waals surface area contributed by atoms with Crippen LogP contribution in [0.1, 0.15) is 43.6 Å². The molecule has 0 radical (unpaired) electrons. The van der Waals surface area contributed by atoms with E-state index in [0.29, 0.717) is 13.2 Å². The molecule has 0 N–H and O–H groups in total. The van der Waals surface area contributed by atoms with Crippen molar-refractivity contribution < 1.29 is 22.4 Å². The number of hydrogen-bond acceptors (Lipinski definition) is 6. The Morgan fingerprint density at radius 3 is 2.79 bits per heavy atom. The van der Waals surface area contributed by atoms with Crippen LogP contribution in [0.5, 0.6) is 0 Å². The first-order valence-corrected chi connectivity index (χ1v) is 9.69. The third kappa shape index (κ3) is 4.00. The number of likely N-dealkylation sites (tertiary alicyclic amines) is 1. The molecule has 0 bridgehead atoms. The Bertz CT molecular complexity index is 894. The van der Waals surface area contributed by atoms with Crippen LogP contribution < -0.4 is 0 Å². The monoisotopic (exact) mass is 406 g/mol. The van der Waals surface area contributed by atoms with Crippen molar-refractivity contribution in [3.05, 3.63) is 35.7 Å². The number of piperidine rings is 1. The van der Waals surface area contributed by atoms with Crippen LogP contribution in [0, 0.1) is 11.3 Å². The molecule has 2 fully saturated rings. The van der Waals surface area contributed by atoms with Gasteiger partial charge in [-0.2, -0.15) is 23.4 Å². The van der Waals surface area contributed by atoms with E-state index in [-0.39, 0.29) is 23.8 Å². The molecule has 3 heterocycles. The fraction of sp³-hybridized carbons (Fsp3) is 0.550. The van der Waals surface area contributed by atoms with Crippen LogP contribution in [0.2, 0.25) is 0 Å². The summed E-state index contributed by atoms with van der Waals surface area (Å²) in [6.07, 6.45) is 0.190. The van der Waals surface area contributed by atoms with E-state index in [1.165, 1.54) is 12.1 Å². The SMILES string of the molecule is N#C[C@H]1N(Cc2nc(-c3cccc(C(F)(F)F)c3)no2)CCC[C@@]12CCCCO2. The number of halogens is 3. The molecule has 2 atom stereocenters. The highest BCUT2D eigenvalue weighted by Crippen LogP contribution is 2.39. The molecule has 6 nitrogen and oxygen atoms in total. The van der Waals surface area contributed by atoms with Crippen molar-refractivity contribution in [2.24, 2.45) is 0 Å². The van der Waals surface area contributed by atoms with Crippen LogP contribution in [0.4, 0.5) is 13.2 Å². The summed E-state index contributed by atoms with van der Waals surface area (Å²) in [5, 5.41) is 13.6. The van der Waals surface area contributed by atoms with Gasteiger partial charge in [0, 0.05) is 18.7 Å². The number of nitrogens with zero attached hydrogens (tertiary/aromatic N) is 4. The van der Waals surface area contributed by atoms with E-state index in [9.17, 15) is 18.4 Å². The molecule has 0 saturated carbocycles. The highest BCUT2D eigenvalue weighted by atomic mass is 19.4. The summed E-state index contributed by atoms with van der Waals surface area (Å²) in [5.74, 6) is 0.366. The molecule has 1 spiro atoms. The van der Waals surface area contributed by atoms with Crippen LogP contribution in [0.15, 0.2) is 28.8 Å². The van der Waals surface area contributed by atoms with Gasteiger partial charge in [-0.25, -0.2) is 0 Å². The van der Waals surface area contributed by atoms with Gasteiger partial charge in [-0.15, -0.1) is 0 Å². The van der Waals surface area contributed by atoms with Crippen LogP contribution in [0.25, 0.3) is 11.4 Å². The van der Waals surface area contributed by atoms with Crippen molar-refractivity contribution in [1.82, 2.24) is 15.0 Å². The Morgan fingerprint density at radius 1 is 1.24 bits per heavy atom. The van der Waals surface area contributed by atoms with Crippen molar-refractivity contribution in [1.29, 1.82) is 5.26 Å². The average Bonchev–Trinajstić information content (AvgIpc) is 3.17. The molecule has 1 aromatic carbocycles. The second-order valence-electron chi connectivity index (χ2n) is 7.57. The van der Waals surface area contributed by atoms with Crippen molar-refractivity contribution in [2.75, 3.05) is 13.2 Å². The molecule has 4 rings (SSSR count). The molecular formula is C20H21F3N4O2. The molecule has 1 aromatic heterocycles. The average molecular weight is 406 g/mol. The lowest BCUT2D eigenvalue weighted by molar-refractivity contribution is -0.139. The van der Waals surface area contributed by atoms with E-state index < -0.39 is 23.4 Å². The Morgan fingerprint density at radius 2 is 2.07 bits per heavy atom. The maximum absolute atomic E-state index is 12.9. The molecule has 2 aromatic rings. The minimum absolute atomic E-state index is 0.0975. The Balaban J connectivity index is 1.52. The first-order valence-electron chi connectivity index (χ1n) is 9.69. The van der Waals surface area contributed by atoms with Gasteiger partial charge < -0.3 is 9.26 Å². The second kappa shape index (κ2) is 7.76. The third-order valence-electron chi connectivity index (χ3n) is 5.67. The molecular weight excluding hydrogens is 385 g/mol. The van der Waals surface area contributed by atoms with Crippen molar-refractivity contribution in [3.8, 4) is 17.5 Å². The quantitative estimate of drug-likeness (QED) is 0.761. The van der Waals surface area contributed by atoms with Crippen molar-refractivity contribution in [3.63, 3.8) is 0 Å². The van der Waals surface area contributed by atoms with Gasteiger partial charge in [0.25, 0.3) is 0 Å². The molecule has 0 amide bonds.